The normalized spacial score (nSPS) is 38.4. The number of allylic oxidation sites excluding steroid dienone is 1. The van der Waals surface area contributed by atoms with E-state index in [-0.39, 0.29) is 11.5 Å². The molecule has 2 heteroatoms. The first-order valence-electron chi connectivity index (χ1n) is 7.21. The number of fused-ring (bicyclic) bond motifs is 3. The molecular weight excluding hydrogens is 236 g/mol. The third-order valence-corrected chi connectivity index (χ3v) is 4.91. The highest BCUT2D eigenvalue weighted by molar-refractivity contribution is 5.45. The summed E-state index contributed by atoms with van der Waals surface area (Å²) in [5, 5.41) is 0. The van der Waals surface area contributed by atoms with Gasteiger partial charge < -0.3 is 9.47 Å². The lowest BCUT2D eigenvalue weighted by Crippen LogP contribution is -2.48. The first kappa shape index (κ1) is 11.7. The largest absolute Gasteiger partial charge is 0.349 e. The molecule has 3 atom stereocenters. The van der Waals surface area contributed by atoms with Crippen LogP contribution in [0.4, 0.5) is 0 Å². The molecule has 1 aromatic rings. The average molecular weight is 256 g/mol. The van der Waals surface area contributed by atoms with Crippen molar-refractivity contribution in [2.45, 2.75) is 44.5 Å². The molecule has 3 aliphatic rings. The summed E-state index contributed by atoms with van der Waals surface area (Å²) in [6, 6.07) is 8.78. The summed E-state index contributed by atoms with van der Waals surface area (Å²) in [7, 11) is 0. The van der Waals surface area contributed by atoms with Crippen LogP contribution in [-0.4, -0.2) is 12.4 Å². The van der Waals surface area contributed by atoms with E-state index in [9.17, 15) is 0 Å². The maximum atomic E-state index is 6.31. The molecule has 0 radical (unpaired) electrons. The van der Waals surface area contributed by atoms with Crippen LogP contribution in [0, 0.1) is 5.41 Å². The molecule has 1 spiro atoms. The van der Waals surface area contributed by atoms with E-state index in [1.165, 1.54) is 17.5 Å². The van der Waals surface area contributed by atoms with Crippen LogP contribution in [0.3, 0.4) is 0 Å². The highest BCUT2D eigenvalue weighted by Gasteiger charge is 2.57. The number of ether oxygens (including phenoxy) is 2. The lowest BCUT2D eigenvalue weighted by molar-refractivity contribution is -0.312. The second kappa shape index (κ2) is 3.71. The molecule has 0 N–H and O–H groups in total. The molecule has 100 valence electrons. The zero-order chi connectivity index (χ0) is 13.1. The Morgan fingerprint density at radius 3 is 2.79 bits per heavy atom. The van der Waals surface area contributed by atoms with E-state index >= 15 is 0 Å². The minimum Gasteiger partial charge on any atom is -0.349 e. The van der Waals surface area contributed by atoms with Gasteiger partial charge in [0.25, 0.3) is 0 Å². The van der Waals surface area contributed by atoms with Gasteiger partial charge in [0.05, 0.1) is 12.7 Å². The average Bonchev–Trinajstić information content (AvgIpc) is 2.69. The fraction of sp³-hybridized carbons (Fsp3) is 0.529. The highest BCUT2D eigenvalue weighted by Crippen LogP contribution is 2.62. The summed E-state index contributed by atoms with van der Waals surface area (Å²) in [5.41, 5.74) is 2.87. The number of hydrogen-bond donors (Lipinski definition) is 0. The van der Waals surface area contributed by atoms with Gasteiger partial charge in [-0.1, -0.05) is 36.4 Å². The molecule has 1 heterocycles. The summed E-state index contributed by atoms with van der Waals surface area (Å²) in [5.74, 6) is 0.0678. The minimum atomic E-state index is -0.483. The van der Waals surface area contributed by atoms with Crippen molar-refractivity contribution in [1.82, 2.24) is 0 Å². The van der Waals surface area contributed by atoms with Crippen molar-refractivity contribution in [3.05, 3.63) is 47.5 Å². The third kappa shape index (κ3) is 1.50. The molecule has 1 saturated heterocycles. The molecule has 2 nitrogen and oxygen atoms in total. The fourth-order valence-electron chi connectivity index (χ4n) is 4.04. The summed E-state index contributed by atoms with van der Waals surface area (Å²) in [6.45, 7) is 4.80. The van der Waals surface area contributed by atoms with Gasteiger partial charge in [0.15, 0.2) is 5.79 Å². The Hall–Kier alpha value is -1.12. The monoisotopic (exact) mass is 256 g/mol. The van der Waals surface area contributed by atoms with Crippen LogP contribution in [-0.2, 0) is 9.47 Å². The van der Waals surface area contributed by atoms with E-state index in [1.54, 1.807) is 0 Å². The van der Waals surface area contributed by atoms with Crippen LogP contribution >= 0.6 is 0 Å². The minimum absolute atomic E-state index is 0.0253. The Kier molecular flexibility index (Phi) is 2.28. The van der Waals surface area contributed by atoms with Crippen molar-refractivity contribution in [2.75, 3.05) is 6.61 Å². The van der Waals surface area contributed by atoms with Gasteiger partial charge >= 0.3 is 0 Å². The van der Waals surface area contributed by atoms with Crippen molar-refractivity contribution in [3.63, 3.8) is 0 Å². The summed E-state index contributed by atoms with van der Waals surface area (Å²) in [4.78, 5) is 0. The van der Waals surface area contributed by atoms with Gasteiger partial charge in [-0.3, -0.25) is 0 Å². The second-order valence-corrected chi connectivity index (χ2v) is 6.46. The zero-order valence-electron chi connectivity index (χ0n) is 11.6. The molecular formula is C17H20O2. The van der Waals surface area contributed by atoms with Crippen molar-refractivity contribution in [3.8, 4) is 0 Å². The van der Waals surface area contributed by atoms with E-state index in [0.29, 0.717) is 5.92 Å². The molecule has 1 aromatic carbocycles. The highest BCUT2D eigenvalue weighted by atomic mass is 16.7. The van der Waals surface area contributed by atoms with Gasteiger partial charge in [-0.25, -0.2) is 0 Å². The van der Waals surface area contributed by atoms with Gasteiger partial charge in [-0.2, -0.15) is 0 Å². The number of benzene rings is 1. The fourth-order valence-corrected chi connectivity index (χ4v) is 4.04. The van der Waals surface area contributed by atoms with Crippen molar-refractivity contribution < 1.29 is 9.47 Å². The van der Waals surface area contributed by atoms with E-state index in [2.05, 4.69) is 36.4 Å². The van der Waals surface area contributed by atoms with E-state index in [4.69, 9.17) is 9.47 Å². The van der Waals surface area contributed by atoms with Crippen LogP contribution in [0.25, 0.3) is 0 Å². The van der Waals surface area contributed by atoms with E-state index in [0.717, 1.165) is 13.0 Å². The summed E-state index contributed by atoms with van der Waals surface area (Å²) >= 11 is 0. The molecule has 1 fully saturated rings. The van der Waals surface area contributed by atoms with Crippen LogP contribution in [0.5, 0.6) is 0 Å². The Bertz CT molecular complexity index is 546. The summed E-state index contributed by atoms with van der Waals surface area (Å²) in [6.07, 6.45) is 7.18. The molecule has 4 rings (SSSR count). The van der Waals surface area contributed by atoms with Gasteiger partial charge in [-0.05, 0) is 43.7 Å². The maximum Gasteiger partial charge on any atom is 0.163 e. The molecule has 19 heavy (non-hydrogen) atoms. The predicted molar refractivity (Wildman–Crippen MR) is 73.8 cm³/mol. The van der Waals surface area contributed by atoms with Crippen molar-refractivity contribution in [1.29, 1.82) is 0 Å². The smallest absolute Gasteiger partial charge is 0.163 e. The first-order chi connectivity index (χ1) is 9.12. The predicted octanol–water partition coefficient (Wildman–Crippen LogP) is 3.94. The Labute approximate surface area is 114 Å². The van der Waals surface area contributed by atoms with E-state index in [1.807, 2.05) is 13.8 Å². The quantitative estimate of drug-likeness (QED) is 0.654. The standard InChI is InChI=1S/C17H20O2/c1-16(2)18-11-17-10-6-5-9-14(17)12-7-3-4-8-13(12)15(17)19-16/h3-4,6-8,10,14-15H,5,9,11H2,1-2H3/t14-,15+,17+/m0/s1. The van der Waals surface area contributed by atoms with E-state index < -0.39 is 5.79 Å². The van der Waals surface area contributed by atoms with Gasteiger partial charge in [0.2, 0.25) is 0 Å². The third-order valence-electron chi connectivity index (χ3n) is 4.91. The second-order valence-electron chi connectivity index (χ2n) is 6.46. The molecule has 2 aliphatic carbocycles. The van der Waals surface area contributed by atoms with Crippen LogP contribution in [0.2, 0.25) is 0 Å². The summed E-state index contributed by atoms with van der Waals surface area (Å²) < 4.78 is 12.3. The lowest BCUT2D eigenvalue weighted by atomic mass is 9.69. The number of hydrogen-bond acceptors (Lipinski definition) is 2. The van der Waals surface area contributed by atoms with Crippen molar-refractivity contribution >= 4 is 0 Å². The van der Waals surface area contributed by atoms with Crippen LogP contribution in [0.15, 0.2) is 36.4 Å². The van der Waals surface area contributed by atoms with Crippen molar-refractivity contribution in [2.24, 2.45) is 5.41 Å². The maximum absolute atomic E-state index is 6.31. The SMILES string of the molecule is CC1(C)OC[C@]23C=CCC[C@H]2c2ccccc2[C@H]3O1. The van der Waals surface area contributed by atoms with Crippen LogP contribution in [0.1, 0.15) is 49.8 Å². The Morgan fingerprint density at radius 2 is 1.95 bits per heavy atom. The Morgan fingerprint density at radius 1 is 1.16 bits per heavy atom. The first-order valence-corrected chi connectivity index (χ1v) is 7.21. The molecule has 1 aliphatic heterocycles. The van der Waals surface area contributed by atoms with Crippen LogP contribution < -0.4 is 0 Å². The molecule has 0 unspecified atom stereocenters. The lowest BCUT2D eigenvalue weighted by Gasteiger charge is -2.48. The topological polar surface area (TPSA) is 18.5 Å². The van der Waals surface area contributed by atoms with Gasteiger partial charge in [0.1, 0.15) is 0 Å². The molecule has 0 aromatic heterocycles. The molecule has 0 amide bonds. The molecule has 0 bridgehead atoms. The zero-order valence-corrected chi connectivity index (χ0v) is 11.6. The Balaban J connectivity index is 1.89. The van der Waals surface area contributed by atoms with Gasteiger partial charge in [-0.15, -0.1) is 0 Å². The molecule has 0 saturated carbocycles. The van der Waals surface area contributed by atoms with Gasteiger partial charge in [0, 0.05) is 5.41 Å². The number of rotatable bonds is 0.